The molecule has 182 valence electrons. The summed E-state index contributed by atoms with van der Waals surface area (Å²) >= 11 is 1.41. The molecule has 8 heteroatoms. The lowest BCUT2D eigenvalue weighted by molar-refractivity contribution is -0.118. The van der Waals surface area contributed by atoms with Crippen molar-refractivity contribution in [3.63, 3.8) is 0 Å². The predicted octanol–water partition coefficient (Wildman–Crippen LogP) is 4.51. The number of aromatic nitrogens is 3. The van der Waals surface area contributed by atoms with E-state index in [9.17, 15) is 4.79 Å². The number of methoxy groups -OCH3 is 2. The molecule has 0 fully saturated rings. The summed E-state index contributed by atoms with van der Waals surface area (Å²) in [6.45, 7) is 3.36. The van der Waals surface area contributed by atoms with E-state index >= 15 is 0 Å². The van der Waals surface area contributed by atoms with Crippen molar-refractivity contribution in [1.82, 2.24) is 20.1 Å². The van der Waals surface area contributed by atoms with E-state index < -0.39 is 0 Å². The molecule has 0 saturated carbocycles. The SMILES string of the molecule is CCn1c(Cc2cccc3ccccc23)nnc1SCC(=O)NCCc1ccc(OC)c(OC)c1. The van der Waals surface area contributed by atoms with Gasteiger partial charge in [0.05, 0.1) is 20.0 Å². The number of carbonyl (C=O) groups is 1. The van der Waals surface area contributed by atoms with Gasteiger partial charge < -0.3 is 19.4 Å². The van der Waals surface area contributed by atoms with Gasteiger partial charge in [0.25, 0.3) is 0 Å². The van der Waals surface area contributed by atoms with Crippen molar-refractivity contribution >= 4 is 28.4 Å². The summed E-state index contributed by atoms with van der Waals surface area (Å²) in [6.07, 6.45) is 1.40. The Hall–Kier alpha value is -3.52. The molecule has 4 aromatic rings. The molecule has 0 aliphatic heterocycles. The van der Waals surface area contributed by atoms with E-state index in [1.165, 1.54) is 28.1 Å². The third-order valence-electron chi connectivity index (χ3n) is 5.85. The zero-order valence-electron chi connectivity index (χ0n) is 20.3. The van der Waals surface area contributed by atoms with E-state index in [2.05, 4.69) is 63.4 Å². The van der Waals surface area contributed by atoms with Crippen LogP contribution >= 0.6 is 11.8 Å². The highest BCUT2D eigenvalue weighted by Gasteiger charge is 2.15. The maximum absolute atomic E-state index is 12.4. The second-order valence-electron chi connectivity index (χ2n) is 8.04. The molecule has 1 aromatic heterocycles. The zero-order valence-corrected chi connectivity index (χ0v) is 21.1. The Morgan fingerprint density at radius 3 is 2.60 bits per heavy atom. The van der Waals surface area contributed by atoms with Crippen LogP contribution in [0.5, 0.6) is 11.5 Å². The van der Waals surface area contributed by atoms with Crippen LogP contribution in [0.15, 0.2) is 65.8 Å². The topological polar surface area (TPSA) is 78.3 Å². The Bertz CT molecular complexity index is 1300. The molecule has 0 spiro atoms. The first-order chi connectivity index (χ1) is 17.1. The highest BCUT2D eigenvalue weighted by atomic mass is 32.2. The first kappa shape index (κ1) is 24.6. The molecule has 0 saturated heterocycles. The summed E-state index contributed by atoms with van der Waals surface area (Å²) in [5.41, 5.74) is 2.29. The molecule has 0 aliphatic rings. The van der Waals surface area contributed by atoms with Crippen molar-refractivity contribution < 1.29 is 14.3 Å². The van der Waals surface area contributed by atoms with Crippen molar-refractivity contribution in [2.75, 3.05) is 26.5 Å². The standard InChI is InChI=1S/C27H30N4O3S/c1-4-31-25(17-21-10-7-9-20-8-5-6-11-22(20)21)29-30-27(31)35-18-26(32)28-15-14-19-12-13-23(33-2)24(16-19)34-3/h5-13,16H,4,14-15,17-18H2,1-3H3,(H,28,32). The number of hydrogen-bond donors (Lipinski definition) is 1. The second kappa shape index (κ2) is 11.8. The Labute approximate surface area is 209 Å². The Morgan fingerprint density at radius 2 is 1.80 bits per heavy atom. The first-order valence-corrected chi connectivity index (χ1v) is 12.6. The van der Waals surface area contributed by atoms with E-state index in [0.29, 0.717) is 36.6 Å². The van der Waals surface area contributed by atoms with Crippen LogP contribution in [0, 0.1) is 0 Å². The summed E-state index contributed by atoms with van der Waals surface area (Å²) < 4.78 is 12.7. The summed E-state index contributed by atoms with van der Waals surface area (Å²) in [5, 5.41) is 15.0. The van der Waals surface area contributed by atoms with Crippen molar-refractivity contribution in [1.29, 1.82) is 0 Å². The number of nitrogens with zero attached hydrogens (tertiary/aromatic N) is 3. The second-order valence-corrected chi connectivity index (χ2v) is 8.98. The third-order valence-corrected chi connectivity index (χ3v) is 6.82. The molecule has 1 amide bonds. The molecule has 0 radical (unpaired) electrons. The number of fused-ring (bicyclic) bond motifs is 1. The van der Waals surface area contributed by atoms with Gasteiger partial charge in [-0.1, -0.05) is 60.3 Å². The highest BCUT2D eigenvalue weighted by Crippen LogP contribution is 2.27. The molecule has 4 rings (SSSR count). The molecule has 7 nitrogen and oxygen atoms in total. The summed E-state index contributed by atoms with van der Waals surface area (Å²) in [5.74, 6) is 2.54. The lowest BCUT2D eigenvalue weighted by Crippen LogP contribution is -2.27. The summed E-state index contributed by atoms with van der Waals surface area (Å²) in [7, 11) is 3.23. The number of nitrogens with one attached hydrogen (secondary N) is 1. The molecule has 3 aromatic carbocycles. The molecule has 1 heterocycles. The minimum atomic E-state index is -0.0308. The normalized spacial score (nSPS) is 10.9. The van der Waals surface area contributed by atoms with Crippen LogP contribution in [0.25, 0.3) is 10.8 Å². The molecule has 0 atom stereocenters. The van der Waals surface area contributed by atoms with Gasteiger partial charge in [-0.2, -0.15) is 0 Å². The van der Waals surface area contributed by atoms with E-state index in [1.54, 1.807) is 14.2 Å². The van der Waals surface area contributed by atoms with Gasteiger partial charge in [0.2, 0.25) is 5.91 Å². The van der Waals surface area contributed by atoms with Gasteiger partial charge in [-0.3, -0.25) is 4.79 Å². The van der Waals surface area contributed by atoms with Crippen LogP contribution < -0.4 is 14.8 Å². The van der Waals surface area contributed by atoms with E-state index in [0.717, 1.165) is 23.1 Å². The zero-order chi connectivity index (χ0) is 24.6. The quantitative estimate of drug-likeness (QED) is 0.312. The first-order valence-electron chi connectivity index (χ1n) is 11.6. The fourth-order valence-corrected chi connectivity index (χ4v) is 4.91. The number of rotatable bonds is 11. The van der Waals surface area contributed by atoms with Crippen molar-refractivity contribution in [3.8, 4) is 11.5 Å². The number of carbonyl (C=O) groups excluding carboxylic acids is 1. The van der Waals surface area contributed by atoms with Crippen LogP contribution in [0.3, 0.4) is 0 Å². The Morgan fingerprint density at radius 1 is 1.00 bits per heavy atom. The van der Waals surface area contributed by atoms with Crippen molar-refractivity contribution in [2.45, 2.75) is 31.5 Å². The maximum atomic E-state index is 12.4. The predicted molar refractivity (Wildman–Crippen MR) is 139 cm³/mol. The number of amides is 1. The van der Waals surface area contributed by atoms with Gasteiger partial charge in [0, 0.05) is 19.5 Å². The highest BCUT2D eigenvalue weighted by molar-refractivity contribution is 7.99. The Balaban J connectivity index is 1.32. The van der Waals surface area contributed by atoms with Gasteiger partial charge in [0.1, 0.15) is 5.82 Å². The van der Waals surface area contributed by atoms with Gasteiger partial charge >= 0.3 is 0 Å². The average molecular weight is 491 g/mol. The molecular weight excluding hydrogens is 460 g/mol. The molecule has 1 N–H and O–H groups in total. The van der Waals surface area contributed by atoms with Crippen LogP contribution in [0.1, 0.15) is 23.9 Å². The third kappa shape index (κ3) is 5.95. The summed E-state index contributed by atoms with van der Waals surface area (Å²) in [4.78, 5) is 12.4. The molecule has 0 bridgehead atoms. The van der Waals surface area contributed by atoms with Crippen LogP contribution in [0.2, 0.25) is 0 Å². The van der Waals surface area contributed by atoms with Gasteiger partial charge in [-0.15, -0.1) is 10.2 Å². The molecule has 0 unspecified atom stereocenters. The van der Waals surface area contributed by atoms with Crippen LogP contribution in [0.4, 0.5) is 0 Å². The lowest BCUT2D eigenvalue weighted by Gasteiger charge is -2.10. The lowest BCUT2D eigenvalue weighted by atomic mass is 10.0. The monoisotopic (exact) mass is 490 g/mol. The van der Waals surface area contributed by atoms with Crippen molar-refractivity contribution in [3.05, 3.63) is 77.6 Å². The van der Waals surface area contributed by atoms with E-state index in [1.807, 2.05) is 24.3 Å². The van der Waals surface area contributed by atoms with Crippen LogP contribution in [-0.2, 0) is 24.2 Å². The van der Waals surface area contributed by atoms with Crippen LogP contribution in [-0.4, -0.2) is 47.2 Å². The number of thioether (sulfide) groups is 1. The molecular formula is C27H30N4O3S. The largest absolute Gasteiger partial charge is 0.493 e. The maximum Gasteiger partial charge on any atom is 0.230 e. The average Bonchev–Trinajstić information content (AvgIpc) is 3.28. The van der Waals surface area contributed by atoms with E-state index in [-0.39, 0.29) is 5.91 Å². The minimum Gasteiger partial charge on any atom is -0.493 e. The van der Waals surface area contributed by atoms with Gasteiger partial charge in [-0.05, 0) is 47.4 Å². The number of benzene rings is 3. The fourth-order valence-electron chi connectivity index (χ4n) is 4.05. The van der Waals surface area contributed by atoms with Gasteiger partial charge in [0.15, 0.2) is 16.7 Å². The number of ether oxygens (including phenoxy) is 2. The number of hydrogen-bond acceptors (Lipinski definition) is 6. The Kier molecular flexibility index (Phi) is 8.26. The minimum absolute atomic E-state index is 0.0308. The van der Waals surface area contributed by atoms with Crippen molar-refractivity contribution in [2.24, 2.45) is 0 Å². The molecule has 35 heavy (non-hydrogen) atoms. The fraction of sp³-hybridized carbons (Fsp3) is 0.296. The smallest absolute Gasteiger partial charge is 0.230 e. The van der Waals surface area contributed by atoms with Gasteiger partial charge in [-0.25, -0.2) is 0 Å². The van der Waals surface area contributed by atoms with E-state index in [4.69, 9.17) is 9.47 Å². The summed E-state index contributed by atoms with van der Waals surface area (Å²) in [6, 6.07) is 20.5. The molecule has 0 aliphatic carbocycles.